The van der Waals surface area contributed by atoms with Gasteiger partial charge in [-0.25, -0.2) is 0 Å². The summed E-state index contributed by atoms with van der Waals surface area (Å²) in [5.74, 6) is -0.00559. The van der Waals surface area contributed by atoms with Crippen LogP contribution in [-0.4, -0.2) is 25.6 Å². The van der Waals surface area contributed by atoms with E-state index in [1.807, 2.05) is 31.2 Å². The Morgan fingerprint density at radius 2 is 2.00 bits per heavy atom. The second-order valence-corrected chi connectivity index (χ2v) is 4.89. The number of carbonyl (C=O) groups is 1. The molecule has 114 valence electrons. The molecule has 0 aliphatic carbocycles. The third-order valence-corrected chi connectivity index (χ3v) is 3.16. The molecular formula is C14H22Cl2N2O2. The smallest absolute Gasteiger partial charge is 0.220 e. The minimum absolute atomic E-state index is 0. The molecule has 4 nitrogen and oxygen atoms in total. The van der Waals surface area contributed by atoms with Crippen molar-refractivity contribution < 1.29 is 9.53 Å². The van der Waals surface area contributed by atoms with E-state index in [0.29, 0.717) is 24.4 Å². The second-order valence-electron chi connectivity index (χ2n) is 4.46. The lowest BCUT2D eigenvalue weighted by Crippen LogP contribution is -2.37. The molecule has 0 saturated heterocycles. The van der Waals surface area contributed by atoms with Gasteiger partial charge >= 0.3 is 0 Å². The van der Waals surface area contributed by atoms with Gasteiger partial charge in [-0.3, -0.25) is 4.79 Å². The van der Waals surface area contributed by atoms with Crippen molar-refractivity contribution in [3.05, 3.63) is 34.9 Å². The van der Waals surface area contributed by atoms with E-state index in [9.17, 15) is 4.79 Å². The van der Waals surface area contributed by atoms with Crippen LogP contribution in [-0.2, 0) is 9.53 Å². The summed E-state index contributed by atoms with van der Waals surface area (Å²) in [4.78, 5) is 11.7. The van der Waals surface area contributed by atoms with E-state index in [2.05, 4.69) is 5.32 Å². The Morgan fingerprint density at radius 3 is 2.50 bits per heavy atom. The van der Waals surface area contributed by atoms with Gasteiger partial charge in [-0.2, -0.15) is 0 Å². The Hall–Kier alpha value is -0.810. The zero-order valence-corrected chi connectivity index (χ0v) is 13.3. The average molecular weight is 321 g/mol. The average Bonchev–Trinajstić information content (AvgIpc) is 2.39. The largest absolute Gasteiger partial charge is 0.375 e. The number of ether oxygens (including phenoxy) is 1. The maximum absolute atomic E-state index is 11.7. The molecule has 1 amide bonds. The molecule has 0 aliphatic heterocycles. The topological polar surface area (TPSA) is 64.3 Å². The number of benzene rings is 1. The fourth-order valence-electron chi connectivity index (χ4n) is 1.95. The molecule has 0 fully saturated rings. The lowest BCUT2D eigenvalue weighted by molar-refractivity contribution is -0.122. The minimum atomic E-state index is -0.195. The number of nitrogens with one attached hydrogen (secondary N) is 1. The standard InChI is InChI=1S/C14H21ClN2O2.ClH/c1-10(17-13(18)4-3-9-16)14(19-2)11-5-7-12(15)8-6-11;/h5-8,10,14H,3-4,9,16H2,1-2H3,(H,17,18);1H. The van der Waals surface area contributed by atoms with Crippen molar-refractivity contribution in [3.8, 4) is 0 Å². The number of rotatable bonds is 7. The Bertz CT molecular complexity index is 399. The third-order valence-electron chi connectivity index (χ3n) is 2.90. The van der Waals surface area contributed by atoms with Gasteiger partial charge < -0.3 is 15.8 Å². The molecule has 0 aromatic heterocycles. The highest BCUT2D eigenvalue weighted by molar-refractivity contribution is 6.30. The number of hydrogen-bond donors (Lipinski definition) is 2. The molecule has 2 atom stereocenters. The molecular weight excluding hydrogens is 299 g/mol. The summed E-state index contributed by atoms with van der Waals surface area (Å²) in [7, 11) is 1.63. The quantitative estimate of drug-likeness (QED) is 0.811. The molecule has 0 saturated carbocycles. The normalized spacial score (nSPS) is 13.2. The summed E-state index contributed by atoms with van der Waals surface area (Å²) >= 11 is 5.86. The lowest BCUT2D eigenvalue weighted by Gasteiger charge is -2.24. The second kappa shape index (κ2) is 10.00. The van der Waals surface area contributed by atoms with Crippen LogP contribution in [0.25, 0.3) is 0 Å². The van der Waals surface area contributed by atoms with Gasteiger partial charge in [-0.1, -0.05) is 23.7 Å². The predicted octanol–water partition coefficient (Wildman–Crippen LogP) is 2.69. The summed E-state index contributed by atoms with van der Waals surface area (Å²) in [6.45, 7) is 2.44. The van der Waals surface area contributed by atoms with Crippen LogP contribution < -0.4 is 11.1 Å². The van der Waals surface area contributed by atoms with Gasteiger partial charge in [-0.15, -0.1) is 12.4 Å². The molecule has 2 unspecified atom stereocenters. The fraction of sp³-hybridized carbons (Fsp3) is 0.500. The lowest BCUT2D eigenvalue weighted by atomic mass is 10.0. The van der Waals surface area contributed by atoms with Gasteiger partial charge in [0.1, 0.15) is 6.10 Å². The Morgan fingerprint density at radius 1 is 1.40 bits per heavy atom. The van der Waals surface area contributed by atoms with Gasteiger partial charge in [-0.05, 0) is 37.6 Å². The Balaban J connectivity index is 0.00000361. The van der Waals surface area contributed by atoms with Crippen molar-refractivity contribution >= 4 is 29.9 Å². The number of methoxy groups -OCH3 is 1. The zero-order valence-electron chi connectivity index (χ0n) is 11.8. The van der Waals surface area contributed by atoms with Crippen LogP contribution in [0.15, 0.2) is 24.3 Å². The summed E-state index contributed by atoms with van der Waals surface area (Å²) < 4.78 is 5.46. The monoisotopic (exact) mass is 320 g/mol. The first-order valence-corrected chi connectivity index (χ1v) is 6.74. The van der Waals surface area contributed by atoms with E-state index in [0.717, 1.165) is 5.56 Å². The van der Waals surface area contributed by atoms with Crippen molar-refractivity contribution in [3.63, 3.8) is 0 Å². The number of amides is 1. The van der Waals surface area contributed by atoms with Crippen molar-refractivity contribution in [1.29, 1.82) is 0 Å². The molecule has 0 radical (unpaired) electrons. The molecule has 3 N–H and O–H groups in total. The van der Waals surface area contributed by atoms with Crippen LogP contribution >= 0.6 is 24.0 Å². The van der Waals surface area contributed by atoms with Crippen molar-refractivity contribution in [2.45, 2.75) is 31.9 Å². The number of carbonyl (C=O) groups excluding carboxylic acids is 1. The third kappa shape index (κ3) is 6.09. The van der Waals surface area contributed by atoms with E-state index >= 15 is 0 Å². The molecule has 20 heavy (non-hydrogen) atoms. The molecule has 0 heterocycles. The molecule has 0 bridgehead atoms. The summed E-state index contributed by atoms with van der Waals surface area (Å²) in [5, 5.41) is 3.61. The summed E-state index contributed by atoms with van der Waals surface area (Å²) in [6.07, 6.45) is 0.939. The van der Waals surface area contributed by atoms with E-state index < -0.39 is 0 Å². The fourth-order valence-corrected chi connectivity index (χ4v) is 2.07. The van der Waals surface area contributed by atoms with Crippen LogP contribution in [0.3, 0.4) is 0 Å². The van der Waals surface area contributed by atoms with Crippen molar-refractivity contribution in [1.82, 2.24) is 5.32 Å². The predicted molar refractivity (Wildman–Crippen MR) is 84.3 cm³/mol. The van der Waals surface area contributed by atoms with Crippen molar-refractivity contribution in [2.24, 2.45) is 5.73 Å². The molecule has 1 rings (SSSR count). The van der Waals surface area contributed by atoms with Gasteiger partial charge in [0.2, 0.25) is 5.91 Å². The zero-order chi connectivity index (χ0) is 14.3. The highest BCUT2D eigenvalue weighted by atomic mass is 35.5. The first kappa shape index (κ1) is 19.2. The molecule has 0 spiro atoms. The highest BCUT2D eigenvalue weighted by Crippen LogP contribution is 2.22. The van der Waals surface area contributed by atoms with Gasteiger partial charge in [0.15, 0.2) is 0 Å². The number of hydrogen-bond acceptors (Lipinski definition) is 3. The van der Waals surface area contributed by atoms with Gasteiger partial charge in [0.25, 0.3) is 0 Å². The van der Waals surface area contributed by atoms with E-state index in [-0.39, 0.29) is 30.5 Å². The summed E-state index contributed by atoms with van der Waals surface area (Å²) in [5.41, 5.74) is 6.37. The number of halogens is 2. The maximum Gasteiger partial charge on any atom is 0.220 e. The van der Waals surface area contributed by atoms with Crippen LogP contribution in [0.2, 0.25) is 5.02 Å². The first-order chi connectivity index (χ1) is 9.08. The van der Waals surface area contributed by atoms with E-state index in [1.54, 1.807) is 7.11 Å². The molecule has 6 heteroatoms. The SMILES string of the molecule is COC(c1ccc(Cl)cc1)C(C)NC(=O)CCCN.Cl. The number of nitrogens with two attached hydrogens (primary N) is 1. The van der Waals surface area contributed by atoms with E-state index in [1.165, 1.54) is 0 Å². The Labute approximate surface area is 131 Å². The summed E-state index contributed by atoms with van der Waals surface area (Å²) in [6, 6.07) is 7.31. The van der Waals surface area contributed by atoms with Gasteiger partial charge in [0.05, 0.1) is 6.04 Å². The van der Waals surface area contributed by atoms with Crippen LogP contribution in [0.1, 0.15) is 31.4 Å². The first-order valence-electron chi connectivity index (χ1n) is 6.36. The molecule has 1 aromatic rings. The molecule has 0 aliphatic rings. The van der Waals surface area contributed by atoms with E-state index in [4.69, 9.17) is 22.1 Å². The maximum atomic E-state index is 11.7. The van der Waals surface area contributed by atoms with Crippen molar-refractivity contribution in [2.75, 3.05) is 13.7 Å². The molecule has 1 aromatic carbocycles. The highest BCUT2D eigenvalue weighted by Gasteiger charge is 2.20. The van der Waals surface area contributed by atoms with Crippen LogP contribution in [0.4, 0.5) is 0 Å². The van der Waals surface area contributed by atoms with Gasteiger partial charge in [0, 0.05) is 18.6 Å². The van der Waals surface area contributed by atoms with Crippen LogP contribution in [0, 0.1) is 0 Å². The minimum Gasteiger partial charge on any atom is -0.375 e. The van der Waals surface area contributed by atoms with Crippen LogP contribution in [0.5, 0.6) is 0 Å². The Kier molecular flexibility index (Phi) is 9.59.